The summed E-state index contributed by atoms with van der Waals surface area (Å²) in [5.41, 5.74) is 0.182. The summed E-state index contributed by atoms with van der Waals surface area (Å²) in [5, 5.41) is 12.5. The number of ether oxygens (including phenoxy) is 2. The Hall–Kier alpha value is -2.71. The smallest absolute Gasteiger partial charge is 0.338 e. The fourth-order valence-corrected chi connectivity index (χ4v) is 3.15. The molecular weight excluding hydrogens is 356 g/mol. The molecule has 0 fully saturated rings. The molecular formula is C18H18N2O5S. The van der Waals surface area contributed by atoms with Crippen LogP contribution in [0.5, 0.6) is 5.75 Å². The normalized spacial score (nSPS) is 12.1. The van der Waals surface area contributed by atoms with Gasteiger partial charge in [-0.1, -0.05) is 6.07 Å². The van der Waals surface area contributed by atoms with Crippen molar-refractivity contribution in [3.05, 3.63) is 58.0 Å². The largest absolute Gasteiger partial charge is 0.491 e. The van der Waals surface area contributed by atoms with Crippen LogP contribution in [0.4, 0.5) is 0 Å². The minimum Gasteiger partial charge on any atom is -0.491 e. The predicted octanol–water partition coefficient (Wildman–Crippen LogP) is 2.07. The first-order valence-corrected chi connectivity index (χ1v) is 8.97. The number of rotatable bonds is 7. The van der Waals surface area contributed by atoms with Crippen molar-refractivity contribution in [3.8, 4) is 5.75 Å². The van der Waals surface area contributed by atoms with Gasteiger partial charge in [-0.05, 0) is 36.6 Å². The van der Waals surface area contributed by atoms with E-state index in [1.54, 1.807) is 42.6 Å². The molecule has 0 saturated carbocycles. The SMILES string of the molecule is CCOC(=O)c1cccc(OCC(O)Cn2cnc3sccc3c2=O)c1. The van der Waals surface area contributed by atoms with Gasteiger partial charge in [0.25, 0.3) is 5.56 Å². The van der Waals surface area contributed by atoms with Gasteiger partial charge < -0.3 is 14.6 Å². The molecule has 1 aromatic carbocycles. The molecule has 0 saturated heterocycles. The second kappa shape index (κ2) is 8.11. The quantitative estimate of drug-likeness (QED) is 0.637. The Bertz CT molecular complexity index is 965. The lowest BCUT2D eigenvalue weighted by Gasteiger charge is -2.14. The number of nitrogens with zero attached hydrogens (tertiary/aromatic N) is 2. The molecule has 3 aromatic rings. The van der Waals surface area contributed by atoms with Crippen LogP contribution in [0.1, 0.15) is 17.3 Å². The Morgan fingerprint density at radius 3 is 3.04 bits per heavy atom. The van der Waals surface area contributed by atoms with Gasteiger partial charge in [-0.15, -0.1) is 11.3 Å². The zero-order valence-electron chi connectivity index (χ0n) is 14.1. The topological polar surface area (TPSA) is 90.7 Å². The van der Waals surface area contributed by atoms with Crippen molar-refractivity contribution in [2.75, 3.05) is 13.2 Å². The van der Waals surface area contributed by atoms with E-state index in [-0.39, 0.29) is 18.7 Å². The van der Waals surface area contributed by atoms with E-state index in [2.05, 4.69) is 4.98 Å². The minimum atomic E-state index is -0.906. The Kier molecular flexibility index (Phi) is 5.65. The van der Waals surface area contributed by atoms with Crippen LogP contribution in [0.25, 0.3) is 10.2 Å². The summed E-state index contributed by atoms with van der Waals surface area (Å²) in [4.78, 5) is 28.9. The molecule has 0 aliphatic heterocycles. The summed E-state index contributed by atoms with van der Waals surface area (Å²) < 4.78 is 11.8. The molecule has 0 spiro atoms. The highest BCUT2D eigenvalue weighted by molar-refractivity contribution is 7.16. The van der Waals surface area contributed by atoms with Gasteiger partial charge in [0, 0.05) is 0 Å². The van der Waals surface area contributed by atoms with E-state index in [0.717, 1.165) is 0 Å². The van der Waals surface area contributed by atoms with Crippen molar-refractivity contribution in [3.63, 3.8) is 0 Å². The number of hydrogen-bond acceptors (Lipinski definition) is 7. The van der Waals surface area contributed by atoms with Crippen LogP contribution in [0.3, 0.4) is 0 Å². The van der Waals surface area contributed by atoms with Crippen LogP contribution in [-0.2, 0) is 11.3 Å². The van der Waals surface area contributed by atoms with Crippen molar-refractivity contribution in [1.29, 1.82) is 0 Å². The highest BCUT2D eigenvalue weighted by Crippen LogP contribution is 2.15. The van der Waals surface area contributed by atoms with Crippen molar-refractivity contribution in [2.24, 2.45) is 0 Å². The number of esters is 1. The molecule has 0 amide bonds. The number of aliphatic hydroxyl groups is 1. The first-order chi connectivity index (χ1) is 12.6. The van der Waals surface area contributed by atoms with Gasteiger partial charge in [0.05, 0.1) is 30.4 Å². The Morgan fingerprint density at radius 1 is 1.38 bits per heavy atom. The van der Waals surface area contributed by atoms with E-state index in [0.29, 0.717) is 28.1 Å². The average Bonchev–Trinajstić information content (AvgIpc) is 3.12. The highest BCUT2D eigenvalue weighted by Gasteiger charge is 2.12. The van der Waals surface area contributed by atoms with Crippen molar-refractivity contribution >= 4 is 27.5 Å². The molecule has 0 aliphatic carbocycles. The predicted molar refractivity (Wildman–Crippen MR) is 97.8 cm³/mol. The van der Waals surface area contributed by atoms with Gasteiger partial charge >= 0.3 is 5.97 Å². The number of aliphatic hydroxyl groups excluding tert-OH is 1. The van der Waals surface area contributed by atoms with E-state index < -0.39 is 12.1 Å². The number of carbonyl (C=O) groups is 1. The molecule has 8 heteroatoms. The number of aromatic nitrogens is 2. The van der Waals surface area contributed by atoms with Gasteiger partial charge in [0.15, 0.2) is 0 Å². The molecule has 7 nitrogen and oxygen atoms in total. The van der Waals surface area contributed by atoms with Crippen LogP contribution >= 0.6 is 11.3 Å². The second-order valence-electron chi connectivity index (χ2n) is 5.55. The average molecular weight is 374 g/mol. The molecule has 0 aliphatic rings. The van der Waals surface area contributed by atoms with E-state index in [4.69, 9.17) is 9.47 Å². The number of carbonyl (C=O) groups excluding carboxylic acids is 1. The minimum absolute atomic E-state index is 0.0274. The highest BCUT2D eigenvalue weighted by atomic mass is 32.1. The van der Waals surface area contributed by atoms with Crippen LogP contribution in [0.2, 0.25) is 0 Å². The van der Waals surface area contributed by atoms with Crippen molar-refractivity contribution < 1.29 is 19.4 Å². The van der Waals surface area contributed by atoms with E-state index in [1.165, 1.54) is 22.2 Å². The molecule has 0 radical (unpaired) electrons. The number of thiophene rings is 1. The lowest BCUT2D eigenvalue weighted by Crippen LogP contribution is -2.30. The third-order valence-corrected chi connectivity index (χ3v) is 4.47. The fraction of sp³-hybridized carbons (Fsp3) is 0.278. The van der Waals surface area contributed by atoms with Gasteiger partial charge in [0.1, 0.15) is 23.3 Å². The Morgan fingerprint density at radius 2 is 2.23 bits per heavy atom. The van der Waals surface area contributed by atoms with Crippen LogP contribution in [-0.4, -0.2) is 39.9 Å². The zero-order chi connectivity index (χ0) is 18.5. The summed E-state index contributed by atoms with van der Waals surface area (Å²) in [5.74, 6) is 0.00792. The maximum Gasteiger partial charge on any atom is 0.338 e. The van der Waals surface area contributed by atoms with E-state index >= 15 is 0 Å². The van der Waals surface area contributed by atoms with E-state index in [1.807, 2.05) is 0 Å². The molecule has 3 rings (SSSR count). The summed E-state index contributed by atoms with van der Waals surface area (Å²) in [6.45, 7) is 2.06. The summed E-state index contributed by atoms with van der Waals surface area (Å²) >= 11 is 1.39. The molecule has 1 atom stereocenters. The van der Waals surface area contributed by atoms with Gasteiger partial charge in [0.2, 0.25) is 0 Å². The Labute approximate surface area is 153 Å². The van der Waals surface area contributed by atoms with Crippen molar-refractivity contribution in [2.45, 2.75) is 19.6 Å². The standard InChI is InChI=1S/C18H18N2O5S/c1-2-24-18(23)12-4-3-5-14(8-12)25-10-13(21)9-20-11-19-16-15(17(20)22)6-7-26-16/h3-8,11,13,21H,2,9-10H2,1H3. The lowest BCUT2D eigenvalue weighted by molar-refractivity contribution is 0.0525. The summed E-state index contributed by atoms with van der Waals surface area (Å²) in [6, 6.07) is 8.25. The van der Waals surface area contributed by atoms with Gasteiger partial charge in [-0.25, -0.2) is 9.78 Å². The Balaban J connectivity index is 1.62. The second-order valence-corrected chi connectivity index (χ2v) is 6.45. The van der Waals surface area contributed by atoms with Crippen molar-refractivity contribution in [1.82, 2.24) is 9.55 Å². The number of hydrogen-bond donors (Lipinski definition) is 1. The molecule has 1 N–H and O–H groups in total. The lowest BCUT2D eigenvalue weighted by atomic mass is 10.2. The molecule has 2 heterocycles. The first kappa shape index (κ1) is 18.1. The zero-order valence-corrected chi connectivity index (χ0v) is 14.9. The summed E-state index contributed by atoms with van der Waals surface area (Å²) in [7, 11) is 0. The maximum atomic E-state index is 12.3. The monoisotopic (exact) mass is 374 g/mol. The van der Waals surface area contributed by atoms with E-state index in [9.17, 15) is 14.7 Å². The summed E-state index contributed by atoms with van der Waals surface area (Å²) in [6.07, 6.45) is 0.517. The third-order valence-electron chi connectivity index (χ3n) is 3.65. The molecule has 0 bridgehead atoms. The number of benzene rings is 1. The number of fused-ring (bicyclic) bond motifs is 1. The van der Waals surface area contributed by atoms with Gasteiger partial charge in [-0.2, -0.15) is 0 Å². The van der Waals surface area contributed by atoms with Crippen LogP contribution in [0.15, 0.2) is 46.8 Å². The third kappa shape index (κ3) is 4.09. The fourth-order valence-electron chi connectivity index (χ4n) is 2.42. The molecule has 1 unspecified atom stereocenters. The van der Waals surface area contributed by atoms with Crippen LogP contribution in [0, 0.1) is 0 Å². The van der Waals surface area contributed by atoms with Gasteiger partial charge in [-0.3, -0.25) is 9.36 Å². The first-order valence-electron chi connectivity index (χ1n) is 8.09. The van der Waals surface area contributed by atoms with Crippen LogP contribution < -0.4 is 10.3 Å². The molecule has 136 valence electrons. The molecule has 2 aromatic heterocycles. The molecule has 26 heavy (non-hydrogen) atoms. The maximum absolute atomic E-state index is 12.3.